The average molecular weight is 326 g/mol. The number of nitrogens with zero attached hydrogens (tertiary/aromatic N) is 1. The standard InChI is InChI=1S/C17H14N2O5/c20-13-4-3-12(14(21)8-13)9-18-19-17(22)6-2-11-1-5-15-16(7-11)24-10-23-15/h1-9,20-21H,10H2,(H,19,22)/b6-2+,18-9+. The van der Waals surface area contributed by atoms with Crippen LogP contribution >= 0.6 is 0 Å². The Hall–Kier alpha value is -3.48. The zero-order valence-corrected chi connectivity index (χ0v) is 12.5. The molecule has 122 valence electrons. The Morgan fingerprint density at radius 1 is 1.12 bits per heavy atom. The van der Waals surface area contributed by atoms with E-state index in [9.17, 15) is 15.0 Å². The molecule has 7 heteroatoms. The Labute approximate surface area is 137 Å². The summed E-state index contributed by atoms with van der Waals surface area (Å²) < 4.78 is 10.5. The van der Waals surface area contributed by atoms with E-state index in [2.05, 4.69) is 10.5 Å². The first-order chi connectivity index (χ1) is 11.6. The first kappa shape index (κ1) is 15.4. The van der Waals surface area contributed by atoms with Gasteiger partial charge in [-0.1, -0.05) is 6.07 Å². The largest absolute Gasteiger partial charge is 0.508 e. The fraction of sp³-hybridized carbons (Fsp3) is 0.0588. The van der Waals surface area contributed by atoms with Crippen molar-refractivity contribution in [3.05, 3.63) is 53.6 Å². The molecule has 0 spiro atoms. The number of benzene rings is 2. The number of carbonyl (C=O) groups is 1. The van der Waals surface area contributed by atoms with Gasteiger partial charge in [0.15, 0.2) is 11.5 Å². The van der Waals surface area contributed by atoms with Gasteiger partial charge in [-0.3, -0.25) is 4.79 Å². The molecular formula is C17H14N2O5. The number of phenolic OH excluding ortho intramolecular Hbond substituents is 2. The van der Waals surface area contributed by atoms with Crippen molar-refractivity contribution in [2.45, 2.75) is 0 Å². The summed E-state index contributed by atoms with van der Waals surface area (Å²) >= 11 is 0. The van der Waals surface area contributed by atoms with Crippen LogP contribution in [0.1, 0.15) is 11.1 Å². The Bertz CT molecular complexity index is 830. The van der Waals surface area contributed by atoms with Crippen LogP contribution in [-0.2, 0) is 4.79 Å². The van der Waals surface area contributed by atoms with Crippen LogP contribution in [-0.4, -0.2) is 29.1 Å². The predicted octanol–water partition coefficient (Wildman–Crippen LogP) is 1.99. The van der Waals surface area contributed by atoms with Crippen LogP contribution in [0.25, 0.3) is 6.08 Å². The topological polar surface area (TPSA) is 100 Å². The first-order valence-electron chi connectivity index (χ1n) is 7.04. The number of aromatic hydroxyl groups is 2. The highest BCUT2D eigenvalue weighted by Gasteiger charge is 2.12. The smallest absolute Gasteiger partial charge is 0.264 e. The van der Waals surface area contributed by atoms with Gasteiger partial charge in [-0.2, -0.15) is 5.10 Å². The van der Waals surface area contributed by atoms with E-state index in [4.69, 9.17) is 9.47 Å². The summed E-state index contributed by atoms with van der Waals surface area (Å²) in [5, 5.41) is 22.5. The molecule has 1 aliphatic rings. The molecule has 1 amide bonds. The van der Waals surface area contributed by atoms with Gasteiger partial charge < -0.3 is 19.7 Å². The Morgan fingerprint density at radius 2 is 1.96 bits per heavy atom. The van der Waals surface area contributed by atoms with Crippen LogP contribution in [0.15, 0.2) is 47.6 Å². The minimum Gasteiger partial charge on any atom is -0.508 e. The van der Waals surface area contributed by atoms with Crippen molar-refractivity contribution in [2.24, 2.45) is 5.10 Å². The lowest BCUT2D eigenvalue weighted by Gasteiger charge is -1.99. The molecular weight excluding hydrogens is 312 g/mol. The van der Waals surface area contributed by atoms with Gasteiger partial charge in [-0.15, -0.1) is 0 Å². The van der Waals surface area contributed by atoms with Gasteiger partial charge in [0.25, 0.3) is 5.91 Å². The molecule has 7 nitrogen and oxygen atoms in total. The van der Waals surface area contributed by atoms with Crippen molar-refractivity contribution in [3.8, 4) is 23.0 Å². The van der Waals surface area contributed by atoms with Crippen LogP contribution in [0.4, 0.5) is 0 Å². The minimum atomic E-state index is -0.429. The molecule has 0 radical (unpaired) electrons. The molecule has 2 aromatic rings. The maximum absolute atomic E-state index is 11.7. The molecule has 1 aliphatic heterocycles. The summed E-state index contributed by atoms with van der Waals surface area (Å²) in [7, 11) is 0. The molecule has 3 rings (SSSR count). The summed E-state index contributed by atoms with van der Waals surface area (Å²) in [6.45, 7) is 0.196. The van der Waals surface area contributed by atoms with E-state index in [1.807, 2.05) is 0 Å². The lowest BCUT2D eigenvalue weighted by atomic mass is 10.2. The maximum Gasteiger partial charge on any atom is 0.264 e. The highest BCUT2D eigenvalue weighted by atomic mass is 16.7. The number of amides is 1. The van der Waals surface area contributed by atoms with Crippen molar-refractivity contribution >= 4 is 18.2 Å². The number of ether oxygens (including phenoxy) is 2. The van der Waals surface area contributed by atoms with Crippen LogP contribution in [0.2, 0.25) is 0 Å². The third kappa shape index (κ3) is 3.64. The number of carbonyl (C=O) groups excluding carboxylic acids is 1. The number of phenols is 2. The number of hydrogen-bond donors (Lipinski definition) is 3. The van der Waals surface area contributed by atoms with E-state index >= 15 is 0 Å². The number of nitrogens with one attached hydrogen (secondary N) is 1. The second-order valence-electron chi connectivity index (χ2n) is 4.92. The Kier molecular flexibility index (Phi) is 4.33. The van der Waals surface area contributed by atoms with Crippen molar-refractivity contribution in [3.63, 3.8) is 0 Å². The zero-order chi connectivity index (χ0) is 16.9. The number of rotatable bonds is 4. The molecule has 0 aliphatic carbocycles. The van der Waals surface area contributed by atoms with Crippen molar-refractivity contribution < 1.29 is 24.5 Å². The summed E-state index contributed by atoms with van der Waals surface area (Å²) in [4.78, 5) is 11.7. The zero-order valence-electron chi connectivity index (χ0n) is 12.5. The van der Waals surface area contributed by atoms with Gasteiger partial charge in [-0.25, -0.2) is 5.43 Å². The summed E-state index contributed by atoms with van der Waals surface area (Å²) in [6, 6.07) is 9.40. The fourth-order valence-electron chi connectivity index (χ4n) is 2.03. The first-order valence-corrected chi connectivity index (χ1v) is 7.04. The van der Waals surface area contributed by atoms with Crippen molar-refractivity contribution in [1.82, 2.24) is 5.43 Å². The lowest BCUT2D eigenvalue weighted by Crippen LogP contribution is -2.14. The SMILES string of the molecule is O=C(/C=C/c1ccc2c(c1)OCO2)N/N=C/c1ccc(O)cc1O. The third-order valence-electron chi connectivity index (χ3n) is 3.22. The molecule has 1 heterocycles. The third-order valence-corrected chi connectivity index (χ3v) is 3.22. The summed E-state index contributed by atoms with van der Waals surface area (Å²) in [6.07, 6.45) is 4.22. The second kappa shape index (κ2) is 6.74. The highest BCUT2D eigenvalue weighted by Crippen LogP contribution is 2.32. The Balaban J connectivity index is 1.58. The van der Waals surface area contributed by atoms with E-state index in [1.165, 1.54) is 30.5 Å². The van der Waals surface area contributed by atoms with Gasteiger partial charge in [0.2, 0.25) is 6.79 Å². The predicted molar refractivity (Wildman–Crippen MR) is 87.1 cm³/mol. The van der Waals surface area contributed by atoms with Gasteiger partial charge >= 0.3 is 0 Å². The monoisotopic (exact) mass is 326 g/mol. The van der Waals surface area contributed by atoms with E-state index in [0.29, 0.717) is 17.1 Å². The van der Waals surface area contributed by atoms with Gasteiger partial charge in [-0.05, 0) is 35.9 Å². The van der Waals surface area contributed by atoms with Crippen LogP contribution in [0.3, 0.4) is 0 Å². The average Bonchev–Trinajstić information content (AvgIpc) is 3.02. The minimum absolute atomic E-state index is 0.0552. The van der Waals surface area contributed by atoms with Crippen LogP contribution < -0.4 is 14.9 Å². The van der Waals surface area contributed by atoms with Gasteiger partial charge in [0.1, 0.15) is 11.5 Å². The van der Waals surface area contributed by atoms with E-state index in [1.54, 1.807) is 24.3 Å². The maximum atomic E-state index is 11.7. The van der Waals surface area contributed by atoms with Crippen LogP contribution in [0, 0.1) is 0 Å². The molecule has 2 aromatic carbocycles. The van der Waals surface area contributed by atoms with Gasteiger partial charge in [0.05, 0.1) is 6.21 Å². The van der Waals surface area contributed by atoms with E-state index in [-0.39, 0.29) is 18.3 Å². The number of fused-ring (bicyclic) bond motifs is 1. The molecule has 3 N–H and O–H groups in total. The van der Waals surface area contributed by atoms with Gasteiger partial charge in [0, 0.05) is 17.7 Å². The van der Waals surface area contributed by atoms with E-state index in [0.717, 1.165) is 5.56 Å². The number of hydrazone groups is 1. The summed E-state index contributed by atoms with van der Waals surface area (Å²) in [5.41, 5.74) is 3.46. The Morgan fingerprint density at radius 3 is 2.79 bits per heavy atom. The molecule has 0 aromatic heterocycles. The molecule has 0 atom stereocenters. The molecule has 0 saturated heterocycles. The number of hydrogen-bond acceptors (Lipinski definition) is 6. The molecule has 0 fully saturated rings. The van der Waals surface area contributed by atoms with Crippen LogP contribution in [0.5, 0.6) is 23.0 Å². The van der Waals surface area contributed by atoms with Crippen molar-refractivity contribution in [2.75, 3.05) is 6.79 Å². The van der Waals surface area contributed by atoms with Crippen molar-refractivity contribution in [1.29, 1.82) is 0 Å². The fourth-order valence-corrected chi connectivity index (χ4v) is 2.03. The molecule has 0 unspecified atom stereocenters. The summed E-state index contributed by atoms with van der Waals surface area (Å²) in [5.74, 6) is 0.694. The normalized spacial score (nSPS) is 12.8. The second-order valence-corrected chi connectivity index (χ2v) is 4.92. The highest BCUT2D eigenvalue weighted by molar-refractivity contribution is 5.93. The van der Waals surface area contributed by atoms with E-state index < -0.39 is 5.91 Å². The molecule has 24 heavy (non-hydrogen) atoms. The lowest BCUT2D eigenvalue weighted by molar-refractivity contribution is -0.116. The molecule has 0 bridgehead atoms. The molecule has 0 saturated carbocycles. The quantitative estimate of drug-likeness (QED) is 0.453.